The van der Waals surface area contributed by atoms with E-state index in [1.54, 1.807) is 6.92 Å². The van der Waals surface area contributed by atoms with Gasteiger partial charge in [0.25, 0.3) is 5.97 Å². The van der Waals surface area contributed by atoms with Gasteiger partial charge in [0.05, 0.1) is 11.1 Å². The molecule has 92 valence electrons. The molecule has 0 bridgehead atoms. The van der Waals surface area contributed by atoms with Crippen LogP contribution in [0.1, 0.15) is 33.2 Å². The second kappa shape index (κ2) is 6.26. The predicted octanol–water partition coefficient (Wildman–Crippen LogP) is 1.48. The number of carboxylic acids is 3. The Morgan fingerprint density at radius 1 is 1.00 bits per heavy atom. The molecular formula is C11H12O6. The third kappa shape index (κ3) is 5.31. The van der Waals surface area contributed by atoms with Gasteiger partial charge in [-0.05, 0) is 24.6 Å². The summed E-state index contributed by atoms with van der Waals surface area (Å²) in [6.07, 6.45) is 0. The summed E-state index contributed by atoms with van der Waals surface area (Å²) >= 11 is 0. The molecule has 6 nitrogen and oxygen atoms in total. The van der Waals surface area contributed by atoms with E-state index in [2.05, 4.69) is 0 Å². The Morgan fingerprint density at radius 2 is 1.47 bits per heavy atom. The van der Waals surface area contributed by atoms with Gasteiger partial charge in [-0.25, -0.2) is 9.59 Å². The maximum atomic E-state index is 10.6. The number of hydrogen-bond donors (Lipinski definition) is 3. The standard InChI is InChI=1S/C9H8O4.C2H4O2/c1-5-2-3-6(8(10)11)4-7(5)9(12)13;1-2(3)4/h2-4H,1H3,(H,10,11)(H,12,13);1H3,(H,3,4). The summed E-state index contributed by atoms with van der Waals surface area (Å²) in [5.74, 6) is -3.07. The molecule has 0 aromatic heterocycles. The van der Waals surface area contributed by atoms with Gasteiger partial charge in [0.15, 0.2) is 0 Å². The molecule has 0 spiro atoms. The third-order valence-corrected chi connectivity index (χ3v) is 1.71. The van der Waals surface area contributed by atoms with Crippen LogP contribution >= 0.6 is 0 Å². The topological polar surface area (TPSA) is 112 Å². The summed E-state index contributed by atoms with van der Waals surface area (Å²) in [6.45, 7) is 2.70. The first kappa shape index (κ1) is 14.6. The van der Waals surface area contributed by atoms with Gasteiger partial charge in [0, 0.05) is 6.92 Å². The van der Waals surface area contributed by atoms with E-state index in [-0.39, 0.29) is 11.1 Å². The van der Waals surface area contributed by atoms with E-state index in [9.17, 15) is 9.59 Å². The van der Waals surface area contributed by atoms with Crippen LogP contribution in [0, 0.1) is 6.92 Å². The van der Waals surface area contributed by atoms with Crippen LogP contribution in [-0.4, -0.2) is 33.2 Å². The lowest BCUT2D eigenvalue weighted by Crippen LogP contribution is -2.03. The van der Waals surface area contributed by atoms with E-state index < -0.39 is 17.9 Å². The smallest absolute Gasteiger partial charge is 0.335 e. The Hall–Kier alpha value is -2.37. The summed E-state index contributed by atoms with van der Waals surface area (Å²) in [6, 6.07) is 4.01. The van der Waals surface area contributed by atoms with Crippen LogP contribution in [0.25, 0.3) is 0 Å². The Morgan fingerprint density at radius 3 is 1.82 bits per heavy atom. The molecule has 0 fully saturated rings. The van der Waals surface area contributed by atoms with E-state index >= 15 is 0 Å². The number of carbonyl (C=O) groups is 3. The van der Waals surface area contributed by atoms with Gasteiger partial charge in [-0.15, -0.1) is 0 Å². The number of hydrogen-bond acceptors (Lipinski definition) is 3. The summed E-state index contributed by atoms with van der Waals surface area (Å²) in [7, 11) is 0. The molecule has 1 aromatic carbocycles. The van der Waals surface area contributed by atoms with Crippen molar-refractivity contribution in [3.63, 3.8) is 0 Å². The first-order valence-corrected chi connectivity index (χ1v) is 4.52. The summed E-state index contributed by atoms with van der Waals surface area (Å²) in [5, 5.41) is 24.7. The van der Waals surface area contributed by atoms with E-state index in [1.165, 1.54) is 12.1 Å². The number of aliphatic carboxylic acids is 1. The quantitative estimate of drug-likeness (QED) is 0.721. The van der Waals surface area contributed by atoms with E-state index in [0.29, 0.717) is 5.56 Å². The minimum Gasteiger partial charge on any atom is -0.481 e. The van der Waals surface area contributed by atoms with Gasteiger partial charge in [-0.3, -0.25) is 4.79 Å². The molecular weight excluding hydrogens is 228 g/mol. The van der Waals surface area contributed by atoms with E-state index in [4.69, 9.17) is 20.1 Å². The Bertz CT molecular complexity index is 445. The van der Waals surface area contributed by atoms with Crippen molar-refractivity contribution < 1.29 is 29.7 Å². The molecule has 0 radical (unpaired) electrons. The zero-order valence-electron chi connectivity index (χ0n) is 9.30. The summed E-state index contributed by atoms with van der Waals surface area (Å²) < 4.78 is 0. The van der Waals surface area contributed by atoms with Crippen LogP contribution in [0.3, 0.4) is 0 Å². The molecule has 1 aromatic rings. The number of aromatic carboxylic acids is 2. The van der Waals surface area contributed by atoms with Crippen LogP contribution in [0.15, 0.2) is 18.2 Å². The largest absolute Gasteiger partial charge is 0.481 e. The fraction of sp³-hybridized carbons (Fsp3) is 0.182. The molecule has 6 heteroatoms. The molecule has 0 aliphatic rings. The monoisotopic (exact) mass is 240 g/mol. The highest BCUT2D eigenvalue weighted by atomic mass is 16.4. The fourth-order valence-corrected chi connectivity index (χ4v) is 0.985. The molecule has 0 saturated carbocycles. The number of rotatable bonds is 2. The van der Waals surface area contributed by atoms with Crippen LogP contribution < -0.4 is 0 Å². The van der Waals surface area contributed by atoms with Gasteiger partial charge in [0.1, 0.15) is 0 Å². The van der Waals surface area contributed by atoms with Crippen molar-refractivity contribution in [1.29, 1.82) is 0 Å². The molecule has 0 unspecified atom stereocenters. The molecule has 17 heavy (non-hydrogen) atoms. The van der Waals surface area contributed by atoms with Gasteiger partial charge in [-0.1, -0.05) is 6.07 Å². The van der Waals surface area contributed by atoms with Crippen LogP contribution in [0.5, 0.6) is 0 Å². The summed E-state index contributed by atoms with van der Waals surface area (Å²) in [5.41, 5.74) is 0.570. The van der Waals surface area contributed by atoms with Crippen LogP contribution in [-0.2, 0) is 4.79 Å². The van der Waals surface area contributed by atoms with Crippen molar-refractivity contribution in [3.05, 3.63) is 34.9 Å². The predicted molar refractivity (Wildman–Crippen MR) is 58.4 cm³/mol. The lowest BCUT2D eigenvalue weighted by atomic mass is 10.1. The molecule has 0 saturated heterocycles. The van der Waals surface area contributed by atoms with E-state index in [0.717, 1.165) is 13.0 Å². The van der Waals surface area contributed by atoms with Crippen LogP contribution in [0.4, 0.5) is 0 Å². The Balaban J connectivity index is 0.000000557. The molecule has 1 rings (SSSR count). The Labute approximate surface area is 97.1 Å². The average molecular weight is 240 g/mol. The molecule has 3 N–H and O–H groups in total. The summed E-state index contributed by atoms with van der Waals surface area (Å²) in [4.78, 5) is 30.1. The highest BCUT2D eigenvalue weighted by molar-refractivity contribution is 5.94. The third-order valence-electron chi connectivity index (χ3n) is 1.71. The van der Waals surface area contributed by atoms with Gasteiger partial charge in [0.2, 0.25) is 0 Å². The number of aryl methyl sites for hydroxylation is 1. The first-order chi connectivity index (χ1) is 7.75. The lowest BCUT2D eigenvalue weighted by Gasteiger charge is -2.01. The number of benzene rings is 1. The van der Waals surface area contributed by atoms with Crippen molar-refractivity contribution in [1.82, 2.24) is 0 Å². The van der Waals surface area contributed by atoms with Gasteiger partial charge in [-0.2, -0.15) is 0 Å². The number of carboxylic acid groups (broad SMARTS) is 3. The SMILES string of the molecule is CC(=O)O.Cc1ccc(C(=O)O)cc1C(=O)O. The highest BCUT2D eigenvalue weighted by Crippen LogP contribution is 2.11. The average Bonchev–Trinajstić information content (AvgIpc) is 2.16. The van der Waals surface area contributed by atoms with Crippen molar-refractivity contribution in [2.24, 2.45) is 0 Å². The maximum absolute atomic E-state index is 10.6. The second-order valence-corrected chi connectivity index (χ2v) is 3.16. The maximum Gasteiger partial charge on any atom is 0.335 e. The molecule has 0 atom stereocenters. The molecule has 0 heterocycles. The first-order valence-electron chi connectivity index (χ1n) is 4.52. The second-order valence-electron chi connectivity index (χ2n) is 3.16. The van der Waals surface area contributed by atoms with Gasteiger partial charge < -0.3 is 15.3 Å². The minimum absolute atomic E-state index is 0.0111. The fourth-order valence-electron chi connectivity index (χ4n) is 0.985. The van der Waals surface area contributed by atoms with Crippen LogP contribution in [0.2, 0.25) is 0 Å². The van der Waals surface area contributed by atoms with Crippen molar-refractivity contribution >= 4 is 17.9 Å². The molecule has 0 aliphatic carbocycles. The van der Waals surface area contributed by atoms with Crippen molar-refractivity contribution in [2.45, 2.75) is 13.8 Å². The normalized spacial score (nSPS) is 8.82. The Kier molecular flexibility index (Phi) is 5.39. The van der Waals surface area contributed by atoms with Crippen molar-refractivity contribution in [3.8, 4) is 0 Å². The lowest BCUT2D eigenvalue weighted by molar-refractivity contribution is -0.134. The van der Waals surface area contributed by atoms with Crippen molar-refractivity contribution in [2.75, 3.05) is 0 Å². The zero-order chi connectivity index (χ0) is 13.6. The molecule has 0 amide bonds. The van der Waals surface area contributed by atoms with Gasteiger partial charge >= 0.3 is 11.9 Å². The van der Waals surface area contributed by atoms with E-state index in [1.807, 2.05) is 0 Å². The molecule has 0 aliphatic heterocycles. The highest BCUT2D eigenvalue weighted by Gasteiger charge is 2.10. The zero-order valence-corrected chi connectivity index (χ0v) is 9.30. The minimum atomic E-state index is -1.12.